The molecule has 0 saturated carbocycles. The highest BCUT2D eigenvalue weighted by atomic mass is 32.2. The van der Waals surface area contributed by atoms with Crippen LogP contribution < -0.4 is 14.8 Å². The SMILES string of the molecule is COc1ccc(OC)c(NC(=O)CSc2ncccc2-c2noc(C)n2)c1. The molecule has 0 radical (unpaired) electrons. The predicted octanol–water partition coefficient (Wildman–Crippen LogP) is 3.19. The van der Waals surface area contributed by atoms with Crippen molar-refractivity contribution in [2.24, 2.45) is 0 Å². The van der Waals surface area contributed by atoms with E-state index in [4.69, 9.17) is 14.0 Å². The Morgan fingerprint density at radius 3 is 2.81 bits per heavy atom. The molecule has 0 unspecified atom stereocenters. The lowest BCUT2D eigenvalue weighted by molar-refractivity contribution is -0.113. The van der Waals surface area contributed by atoms with E-state index < -0.39 is 0 Å². The van der Waals surface area contributed by atoms with Gasteiger partial charge in [0.2, 0.25) is 17.6 Å². The second kappa shape index (κ2) is 8.54. The van der Waals surface area contributed by atoms with Crippen LogP contribution in [0.5, 0.6) is 11.5 Å². The lowest BCUT2D eigenvalue weighted by Crippen LogP contribution is -2.15. The normalized spacial score (nSPS) is 10.5. The van der Waals surface area contributed by atoms with Gasteiger partial charge in [0.05, 0.1) is 31.2 Å². The van der Waals surface area contributed by atoms with Crippen molar-refractivity contribution < 1.29 is 18.8 Å². The van der Waals surface area contributed by atoms with Crippen LogP contribution in [0.25, 0.3) is 11.4 Å². The summed E-state index contributed by atoms with van der Waals surface area (Å²) in [6, 6.07) is 8.82. The summed E-state index contributed by atoms with van der Waals surface area (Å²) in [5.41, 5.74) is 1.25. The molecule has 3 aromatic rings. The molecule has 2 aromatic heterocycles. The van der Waals surface area contributed by atoms with Crippen LogP contribution in [0.2, 0.25) is 0 Å². The number of benzene rings is 1. The fourth-order valence-electron chi connectivity index (χ4n) is 2.32. The maximum Gasteiger partial charge on any atom is 0.234 e. The second-order valence-corrected chi connectivity index (χ2v) is 6.36. The van der Waals surface area contributed by atoms with E-state index in [1.807, 2.05) is 6.07 Å². The second-order valence-electron chi connectivity index (χ2n) is 5.40. The number of nitrogens with zero attached hydrogens (tertiary/aromatic N) is 3. The molecule has 3 rings (SSSR count). The first-order valence-corrected chi connectivity index (χ1v) is 8.99. The number of aromatic nitrogens is 3. The Labute approximate surface area is 160 Å². The number of amides is 1. The van der Waals surface area contributed by atoms with Crippen LogP contribution in [-0.2, 0) is 4.79 Å². The number of nitrogens with one attached hydrogen (secondary N) is 1. The summed E-state index contributed by atoms with van der Waals surface area (Å²) in [5, 5.41) is 7.38. The number of hydrogen-bond donors (Lipinski definition) is 1. The van der Waals surface area contributed by atoms with E-state index in [1.165, 1.54) is 11.8 Å². The molecule has 0 aliphatic heterocycles. The molecule has 2 heterocycles. The third kappa shape index (κ3) is 4.56. The Balaban J connectivity index is 1.70. The van der Waals surface area contributed by atoms with Crippen LogP contribution in [0.15, 0.2) is 46.1 Å². The summed E-state index contributed by atoms with van der Waals surface area (Å²) < 4.78 is 15.5. The minimum atomic E-state index is -0.201. The van der Waals surface area contributed by atoms with Gasteiger partial charge < -0.3 is 19.3 Å². The Morgan fingerprint density at radius 2 is 2.11 bits per heavy atom. The number of carbonyl (C=O) groups excluding carboxylic acids is 1. The number of thioether (sulfide) groups is 1. The van der Waals surface area contributed by atoms with E-state index in [-0.39, 0.29) is 11.7 Å². The molecule has 0 saturated heterocycles. The minimum absolute atomic E-state index is 0.154. The summed E-state index contributed by atoms with van der Waals surface area (Å²) in [6.45, 7) is 1.72. The van der Waals surface area contributed by atoms with Crippen LogP contribution in [-0.4, -0.2) is 41.0 Å². The highest BCUT2D eigenvalue weighted by Crippen LogP contribution is 2.30. The lowest BCUT2D eigenvalue weighted by atomic mass is 10.2. The third-order valence-electron chi connectivity index (χ3n) is 3.56. The number of ether oxygens (including phenoxy) is 2. The third-order valence-corrected chi connectivity index (χ3v) is 4.57. The van der Waals surface area contributed by atoms with Crippen molar-refractivity contribution in [2.75, 3.05) is 25.3 Å². The van der Waals surface area contributed by atoms with Gasteiger partial charge in [0.25, 0.3) is 0 Å². The van der Waals surface area contributed by atoms with E-state index >= 15 is 0 Å². The minimum Gasteiger partial charge on any atom is -0.497 e. The van der Waals surface area contributed by atoms with Crippen molar-refractivity contribution in [1.29, 1.82) is 0 Å². The van der Waals surface area contributed by atoms with Crippen LogP contribution in [0.3, 0.4) is 0 Å². The van der Waals surface area contributed by atoms with Gasteiger partial charge in [-0.2, -0.15) is 4.98 Å². The molecule has 1 aromatic carbocycles. The van der Waals surface area contributed by atoms with E-state index in [1.54, 1.807) is 51.6 Å². The zero-order valence-corrected chi connectivity index (χ0v) is 15.9. The molecule has 0 spiro atoms. The monoisotopic (exact) mass is 386 g/mol. The molecule has 9 heteroatoms. The number of hydrogen-bond acceptors (Lipinski definition) is 8. The summed E-state index contributed by atoms with van der Waals surface area (Å²) in [7, 11) is 3.10. The summed E-state index contributed by atoms with van der Waals surface area (Å²) in [6.07, 6.45) is 1.65. The fourth-order valence-corrected chi connectivity index (χ4v) is 3.11. The van der Waals surface area contributed by atoms with Crippen molar-refractivity contribution in [3.63, 3.8) is 0 Å². The lowest BCUT2D eigenvalue weighted by Gasteiger charge is -2.12. The van der Waals surface area contributed by atoms with Crippen molar-refractivity contribution in [2.45, 2.75) is 11.9 Å². The molecule has 1 amide bonds. The van der Waals surface area contributed by atoms with Gasteiger partial charge in [-0.05, 0) is 24.3 Å². The first-order chi connectivity index (χ1) is 13.1. The Bertz CT molecular complexity index is 945. The van der Waals surface area contributed by atoms with Crippen LogP contribution >= 0.6 is 11.8 Å². The molecular weight excluding hydrogens is 368 g/mol. The smallest absolute Gasteiger partial charge is 0.234 e. The summed E-state index contributed by atoms with van der Waals surface area (Å²) >= 11 is 1.29. The van der Waals surface area contributed by atoms with Gasteiger partial charge in [-0.25, -0.2) is 4.98 Å². The number of anilines is 1. The largest absolute Gasteiger partial charge is 0.497 e. The van der Waals surface area contributed by atoms with Crippen molar-refractivity contribution in [1.82, 2.24) is 15.1 Å². The number of pyridine rings is 1. The molecule has 1 N–H and O–H groups in total. The van der Waals surface area contributed by atoms with E-state index in [9.17, 15) is 4.79 Å². The Morgan fingerprint density at radius 1 is 1.26 bits per heavy atom. The van der Waals surface area contributed by atoms with Crippen molar-refractivity contribution in [3.8, 4) is 22.9 Å². The molecule has 8 nitrogen and oxygen atoms in total. The molecule has 0 bridgehead atoms. The quantitative estimate of drug-likeness (QED) is 0.618. The number of aryl methyl sites for hydroxylation is 1. The van der Waals surface area contributed by atoms with Gasteiger partial charge >= 0.3 is 0 Å². The first kappa shape index (κ1) is 18.7. The Hall–Kier alpha value is -3.07. The van der Waals surface area contributed by atoms with E-state index in [2.05, 4.69) is 20.4 Å². The highest BCUT2D eigenvalue weighted by Gasteiger charge is 2.15. The zero-order chi connectivity index (χ0) is 19.2. The van der Waals surface area contributed by atoms with Gasteiger partial charge in [-0.15, -0.1) is 0 Å². The average Bonchev–Trinajstić information content (AvgIpc) is 3.12. The number of methoxy groups -OCH3 is 2. The van der Waals surface area contributed by atoms with Gasteiger partial charge in [0.15, 0.2) is 0 Å². The first-order valence-electron chi connectivity index (χ1n) is 8.01. The van der Waals surface area contributed by atoms with Gasteiger partial charge in [0.1, 0.15) is 16.5 Å². The maximum atomic E-state index is 12.4. The van der Waals surface area contributed by atoms with Crippen LogP contribution in [0.4, 0.5) is 5.69 Å². The van der Waals surface area contributed by atoms with E-state index in [0.717, 1.165) is 0 Å². The summed E-state index contributed by atoms with van der Waals surface area (Å²) in [4.78, 5) is 20.9. The van der Waals surface area contributed by atoms with Crippen molar-refractivity contribution >= 4 is 23.4 Å². The van der Waals surface area contributed by atoms with Gasteiger partial charge in [0, 0.05) is 19.2 Å². The standard InChI is InChI=1S/C18H18N4O4S/c1-11-20-17(22-26-11)13-5-4-8-19-18(13)27-10-16(23)21-14-9-12(24-2)6-7-15(14)25-3/h4-9H,10H2,1-3H3,(H,21,23). The zero-order valence-electron chi connectivity index (χ0n) is 15.1. The number of carbonyl (C=O) groups is 1. The fraction of sp³-hybridized carbons (Fsp3) is 0.222. The summed E-state index contributed by atoms with van der Waals surface area (Å²) in [5.74, 6) is 2.03. The topological polar surface area (TPSA) is 99.4 Å². The van der Waals surface area contributed by atoms with Crippen molar-refractivity contribution in [3.05, 3.63) is 42.4 Å². The molecule has 140 valence electrons. The molecule has 27 heavy (non-hydrogen) atoms. The predicted molar refractivity (Wildman–Crippen MR) is 101 cm³/mol. The maximum absolute atomic E-state index is 12.4. The highest BCUT2D eigenvalue weighted by molar-refractivity contribution is 8.00. The average molecular weight is 386 g/mol. The van der Waals surface area contributed by atoms with E-state index in [0.29, 0.717) is 39.5 Å². The van der Waals surface area contributed by atoms with Crippen LogP contribution in [0.1, 0.15) is 5.89 Å². The molecule has 0 fully saturated rings. The van der Waals surface area contributed by atoms with Gasteiger partial charge in [-0.1, -0.05) is 16.9 Å². The molecular formula is C18H18N4O4S. The molecule has 0 aliphatic carbocycles. The molecule has 0 atom stereocenters. The van der Waals surface area contributed by atoms with Gasteiger partial charge in [-0.3, -0.25) is 4.79 Å². The molecule has 0 aliphatic rings. The number of rotatable bonds is 7. The Kier molecular flexibility index (Phi) is 5.92. The van der Waals surface area contributed by atoms with Crippen LogP contribution in [0, 0.1) is 6.92 Å².